The van der Waals surface area contributed by atoms with E-state index in [2.05, 4.69) is 4.72 Å². The number of rotatable bonds is 5. The number of hydrogen-bond acceptors (Lipinski definition) is 5. The molecule has 1 aromatic rings. The Morgan fingerprint density at radius 3 is 2.62 bits per heavy atom. The fraction of sp³-hybridized carbons (Fsp3) is 0.462. The van der Waals surface area contributed by atoms with E-state index in [4.69, 9.17) is 14.6 Å². The van der Waals surface area contributed by atoms with Crippen molar-refractivity contribution in [2.75, 3.05) is 13.2 Å². The monoisotopic (exact) mass is 315 g/mol. The molecular formula is C13H17NO6S. The number of ether oxygens (including phenoxy) is 2. The summed E-state index contributed by atoms with van der Waals surface area (Å²) in [5, 5.41) is 8.94. The number of carboxylic acids is 1. The molecule has 0 spiro atoms. The molecule has 0 saturated carbocycles. The zero-order chi connectivity index (χ0) is 15.5. The van der Waals surface area contributed by atoms with Crippen LogP contribution in [0, 0.1) is 0 Å². The summed E-state index contributed by atoms with van der Waals surface area (Å²) in [6, 6.07) is 3.06. The summed E-state index contributed by atoms with van der Waals surface area (Å²) in [5.74, 6) is -0.383. The van der Waals surface area contributed by atoms with Gasteiger partial charge in [-0.3, -0.25) is 4.79 Å². The van der Waals surface area contributed by atoms with Crippen LogP contribution in [0.15, 0.2) is 23.1 Å². The van der Waals surface area contributed by atoms with Crippen molar-refractivity contribution < 1.29 is 27.8 Å². The molecule has 8 heteroatoms. The van der Waals surface area contributed by atoms with Crippen molar-refractivity contribution in [2.45, 2.75) is 30.7 Å². The van der Waals surface area contributed by atoms with Gasteiger partial charge in [0.05, 0.1) is 18.1 Å². The highest BCUT2D eigenvalue weighted by Gasteiger charge is 2.25. The molecule has 0 aliphatic carbocycles. The van der Waals surface area contributed by atoms with Crippen molar-refractivity contribution in [3.05, 3.63) is 18.2 Å². The van der Waals surface area contributed by atoms with Gasteiger partial charge in [0.1, 0.15) is 6.04 Å². The van der Waals surface area contributed by atoms with E-state index in [1.807, 2.05) is 0 Å². The average molecular weight is 315 g/mol. The summed E-state index contributed by atoms with van der Waals surface area (Å²) in [7, 11) is -3.93. The SMILES string of the molecule is CCC(NS(=O)(=O)c1ccc2c(c1)OCCCO2)C(=O)O. The molecule has 0 radical (unpaired) electrons. The standard InChI is InChI=1S/C13H17NO6S/c1-2-10(13(15)16)14-21(17,18)9-4-5-11-12(8-9)20-7-3-6-19-11/h4-5,8,10,14H,2-3,6-7H2,1H3,(H,15,16). The van der Waals surface area contributed by atoms with Gasteiger partial charge in [-0.1, -0.05) is 6.92 Å². The summed E-state index contributed by atoms with van der Waals surface area (Å²) >= 11 is 0. The van der Waals surface area contributed by atoms with Gasteiger partial charge in [-0.2, -0.15) is 4.72 Å². The second-order valence-electron chi connectivity index (χ2n) is 4.58. The van der Waals surface area contributed by atoms with Crippen LogP contribution in [0.2, 0.25) is 0 Å². The predicted octanol–water partition coefficient (Wildman–Crippen LogP) is 0.989. The molecule has 2 rings (SSSR count). The van der Waals surface area contributed by atoms with E-state index < -0.39 is 22.0 Å². The Kier molecular flexibility index (Phi) is 4.69. The number of carbonyl (C=O) groups is 1. The highest BCUT2D eigenvalue weighted by atomic mass is 32.2. The number of aliphatic carboxylic acids is 1. The lowest BCUT2D eigenvalue weighted by molar-refractivity contribution is -0.139. The van der Waals surface area contributed by atoms with Gasteiger partial charge in [0.15, 0.2) is 11.5 Å². The van der Waals surface area contributed by atoms with E-state index in [1.54, 1.807) is 6.92 Å². The minimum atomic E-state index is -3.93. The second-order valence-corrected chi connectivity index (χ2v) is 6.29. The molecule has 0 bridgehead atoms. The predicted molar refractivity (Wildman–Crippen MR) is 74.1 cm³/mol. The van der Waals surface area contributed by atoms with E-state index in [0.29, 0.717) is 31.1 Å². The molecule has 0 fully saturated rings. The van der Waals surface area contributed by atoms with Gasteiger partial charge in [0.2, 0.25) is 10.0 Å². The number of hydrogen-bond donors (Lipinski definition) is 2. The van der Waals surface area contributed by atoms with Crippen molar-refractivity contribution in [1.82, 2.24) is 4.72 Å². The van der Waals surface area contributed by atoms with Crippen LogP contribution in [0.1, 0.15) is 19.8 Å². The molecule has 1 unspecified atom stereocenters. The van der Waals surface area contributed by atoms with E-state index in [-0.39, 0.29) is 11.3 Å². The third kappa shape index (κ3) is 3.64. The third-order valence-corrected chi connectivity index (χ3v) is 4.50. The van der Waals surface area contributed by atoms with E-state index in [1.165, 1.54) is 18.2 Å². The number of sulfonamides is 1. The van der Waals surface area contributed by atoms with Crippen molar-refractivity contribution in [3.63, 3.8) is 0 Å². The van der Waals surface area contributed by atoms with Crippen molar-refractivity contribution in [3.8, 4) is 11.5 Å². The van der Waals surface area contributed by atoms with E-state index in [9.17, 15) is 13.2 Å². The molecule has 0 saturated heterocycles. The zero-order valence-electron chi connectivity index (χ0n) is 11.5. The van der Waals surface area contributed by atoms with Gasteiger partial charge < -0.3 is 14.6 Å². The highest BCUT2D eigenvalue weighted by molar-refractivity contribution is 7.89. The molecule has 21 heavy (non-hydrogen) atoms. The molecule has 0 aromatic heterocycles. The Morgan fingerprint density at radius 1 is 1.33 bits per heavy atom. The average Bonchev–Trinajstić information content (AvgIpc) is 2.68. The number of nitrogens with one attached hydrogen (secondary N) is 1. The molecule has 116 valence electrons. The minimum Gasteiger partial charge on any atom is -0.490 e. The lowest BCUT2D eigenvalue weighted by Gasteiger charge is -2.14. The largest absolute Gasteiger partial charge is 0.490 e. The number of benzene rings is 1. The maximum atomic E-state index is 12.2. The second kappa shape index (κ2) is 6.31. The fourth-order valence-corrected chi connectivity index (χ4v) is 3.16. The Bertz CT molecular complexity index is 628. The minimum absolute atomic E-state index is 0.0496. The van der Waals surface area contributed by atoms with Gasteiger partial charge in [-0.05, 0) is 18.6 Å². The lowest BCUT2D eigenvalue weighted by atomic mass is 10.2. The van der Waals surface area contributed by atoms with Gasteiger partial charge in [0, 0.05) is 12.5 Å². The van der Waals surface area contributed by atoms with Crippen LogP contribution in [-0.4, -0.2) is 38.7 Å². The van der Waals surface area contributed by atoms with Gasteiger partial charge in [0.25, 0.3) is 0 Å². The number of fused-ring (bicyclic) bond motifs is 1. The summed E-state index contributed by atoms with van der Waals surface area (Å²) in [5.41, 5.74) is 0. The van der Waals surface area contributed by atoms with Crippen LogP contribution < -0.4 is 14.2 Å². The molecule has 1 atom stereocenters. The first kappa shape index (κ1) is 15.6. The molecule has 2 N–H and O–H groups in total. The summed E-state index contributed by atoms with van der Waals surface area (Å²) in [6.45, 7) is 2.54. The van der Waals surface area contributed by atoms with Crippen molar-refractivity contribution in [1.29, 1.82) is 0 Å². The molecule has 0 amide bonds. The van der Waals surface area contributed by atoms with Crippen LogP contribution in [0.25, 0.3) is 0 Å². The lowest BCUT2D eigenvalue weighted by Crippen LogP contribution is -2.40. The first-order valence-electron chi connectivity index (χ1n) is 6.59. The smallest absolute Gasteiger partial charge is 0.321 e. The maximum absolute atomic E-state index is 12.2. The van der Waals surface area contributed by atoms with E-state index in [0.717, 1.165) is 0 Å². The quantitative estimate of drug-likeness (QED) is 0.840. The summed E-state index contributed by atoms with van der Waals surface area (Å²) in [4.78, 5) is 10.9. The molecule has 7 nitrogen and oxygen atoms in total. The molecule has 1 aliphatic rings. The van der Waals surface area contributed by atoms with Crippen LogP contribution >= 0.6 is 0 Å². The fourth-order valence-electron chi connectivity index (χ4n) is 1.87. The molecule has 1 heterocycles. The Balaban J connectivity index is 2.28. The Hall–Kier alpha value is -1.80. The first-order valence-corrected chi connectivity index (χ1v) is 8.07. The zero-order valence-corrected chi connectivity index (χ0v) is 12.4. The van der Waals surface area contributed by atoms with Crippen molar-refractivity contribution >= 4 is 16.0 Å². The van der Waals surface area contributed by atoms with E-state index >= 15 is 0 Å². The summed E-state index contributed by atoms with van der Waals surface area (Å²) < 4.78 is 37.4. The molecule has 1 aliphatic heterocycles. The van der Waals surface area contributed by atoms with Gasteiger partial charge in [-0.15, -0.1) is 0 Å². The van der Waals surface area contributed by atoms with Crippen LogP contribution in [0.5, 0.6) is 11.5 Å². The third-order valence-electron chi connectivity index (χ3n) is 3.03. The number of carboxylic acid groups (broad SMARTS) is 1. The highest BCUT2D eigenvalue weighted by Crippen LogP contribution is 2.31. The van der Waals surface area contributed by atoms with Gasteiger partial charge in [-0.25, -0.2) is 8.42 Å². The Labute approximate surface area is 122 Å². The topological polar surface area (TPSA) is 102 Å². The Morgan fingerprint density at radius 2 is 2.00 bits per heavy atom. The maximum Gasteiger partial charge on any atom is 0.321 e. The van der Waals surface area contributed by atoms with Crippen LogP contribution in [-0.2, 0) is 14.8 Å². The van der Waals surface area contributed by atoms with Crippen molar-refractivity contribution in [2.24, 2.45) is 0 Å². The van der Waals surface area contributed by atoms with Crippen LogP contribution in [0.3, 0.4) is 0 Å². The van der Waals surface area contributed by atoms with Gasteiger partial charge >= 0.3 is 5.97 Å². The van der Waals surface area contributed by atoms with Crippen LogP contribution in [0.4, 0.5) is 0 Å². The first-order chi connectivity index (χ1) is 9.94. The molecule has 1 aromatic carbocycles. The normalized spacial score (nSPS) is 16.0. The molecular weight excluding hydrogens is 298 g/mol. The summed E-state index contributed by atoms with van der Waals surface area (Å²) in [6.07, 6.45) is 0.866.